The van der Waals surface area contributed by atoms with Gasteiger partial charge in [0.15, 0.2) is 0 Å². The predicted molar refractivity (Wildman–Crippen MR) is 122 cm³/mol. The van der Waals surface area contributed by atoms with Gasteiger partial charge in [-0.15, -0.1) is 11.3 Å². The van der Waals surface area contributed by atoms with Gasteiger partial charge in [-0.25, -0.2) is 15.0 Å². The summed E-state index contributed by atoms with van der Waals surface area (Å²) in [4.78, 5) is 42.1. The monoisotopic (exact) mass is 438 g/mol. The first-order chi connectivity index (χ1) is 14.7. The molecule has 1 atom stereocenters. The third kappa shape index (κ3) is 4.10. The first kappa shape index (κ1) is 21.2. The fourth-order valence-corrected chi connectivity index (χ4v) is 4.75. The third-order valence-corrected chi connectivity index (χ3v) is 6.90. The summed E-state index contributed by atoms with van der Waals surface area (Å²) in [5.41, 5.74) is 3.50. The Morgan fingerprint density at radius 1 is 1.23 bits per heavy atom. The van der Waals surface area contributed by atoms with Crippen molar-refractivity contribution in [3.05, 3.63) is 56.2 Å². The van der Waals surface area contributed by atoms with Gasteiger partial charge in [0.2, 0.25) is 5.95 Å². The van der Waals surface area contributed by atoms with Gasteiger partial charge in [0.05, 0.1) is 21.3 Å². The van der Waals surface area contributed by atoms with Gasteiger partial charge >= 0.3 is 0 Å². The van der Waals surface area contributed by atoms with Crippen molar-refractivity contribution in [3.8, 4) is 10.6 Å². The van der Waals surface area contributed by atoms with Crippen LogP contribution in [-0.2, 0) is 7.05 Å². The van der Waals surface area contributed by atoms with Crippen LogP contribution in [0.15, 0.2) is 23.1 Å². The van der Waals surface area contributed by atoms with E-state index < -0.39 is 0 Å². The number of amides is 1. The zero-order chi connectivity index (χ0) is 22.3. The van der Waals surface area contributed by atoms with Crippen LogP contribution in [0.3, 0.4) is 0 Å². The van der Waals surface area contributed by atoms with E-state index in [0.717, 1.165) is 45.5 Å². The van der Waals surface area contributed by atoms with Crippen LogP contribution in [0.5, 0.6) is 0 Å². The van der Waals surface area contributed by atoms with E-state index in [-0.39, 0.29) is 23.1 Å². The summed E-state index contributed by atoms with van der Waals surface area (Å²) >= 11 is 1.62. The Morgan fingerprint density at radius 2 is 2.00 bits per heavy atom. The molecular weight excluding hydrogens is 412 g/mol. The number of thiazole rings is 1. The van der Waals surface area contributed by atoms with Gasteiger partial charge in [-0.05, 0) is 51.8 Å². The molecule has 1 fully saturated rings. The van der Waals surface area contributed by atoms with Crippen molar-refractivity contribution in [1.29, 1.82) is 0 Å². The van der Waals surface area contributed by atoms with E-state index in [0.29, 0.717) is 12.5 Å². The van der Waals surface area contributed by atoms with Gasteiger partial charge in [0, 0.05) is 38.1 Å². The lowest BCUT2D eigenvalue weighted by Crippen LogP contribution is -2.40. The molecule has 3 aromatic rings. The SMILES string of the molecule is Cc1nc(C)c(-c2ccnc(N3CCC(NC(=O)c4cc(C)c(C)n(C)c4=O)C3)n2)s1. The molecule has 0 spiro atoms. The topological polar surface area (TPSA) is 93.0 Å². The highest BCUT2D eigenvalue weighted by atomic mass is 32.1. The highest BCUT2D eigenvalue weighted by molar-refractivity contribution is 7.15. The van der Waals surface area contributed by atoms with Crippen molar-refractivity contribution in [1.82, 2.24) is 24.8 Å². The zero-order valence-electron chi connectivity index (χ0n) is 18.4. The summed E-state index contributed by atoms with van der Waals surface area (Å²) < 4.78 is 1.52. The van der Waals surface area contributed by atoms with Crippen LogP contribution in [0.2, 0.25) is 0 Å². The molecule has 4 rings (SSSR count). The number of aryl methyl sites for hydroxylation is 3. The normalized spacial score (nSPS) is 16.0. The summed E-state index contributed by atoms with van der Waals surface area (Å²) in [6, 6.07) is 3.50. The molecule has 0 aliphatic carbocycles. The molecule has 1 aliphatic heterocycles. The number of nitrogens with one attached hydrogen (secondary N) is 1. The number of hydrogen-bond donors (Lipinski definition) is 1. The van der Waals surface area contributed by atoms with Crippen LogP contribution in [0.25, 0.3) is 10.6 Å². The second kappa shape index (κ2) is 8.22. The fourth-order valence-electron chi connectivity index (χ4n) is 3.86. The molecular formula is C22H26N6O2S. The van der Waals surface area contributed by atoms with Gasteiger partial charge in [-0.1, -0.05) is 0 Å². The van der Waals surface area contributed by atoms with Crippen molar-refractivity contribution in [2.24, 2.45) is 7.05 Å². The van der Waals surface area contributed by atoms with Gasteiger partial charge in [0.1, 0.15) is 5.56 Å². The molecule has 9 heteroatoms. The van der Waals surface area contributed by atoms with Crippen molar-refractivity contribution in [3.63, 3.8) is 0 Å². The minimum absolute atomic E-state index is 0.0709. The van der Waals surface area contributed by atoms with Crippen molar-refractivity contribution in [2.75, 3.05) is 18.0 Å². The van der Waals surface area contributed by atoms with Gasteiger partial charge in [-0.2, -0.15) is 0 Å². The molecule has 0 radical (unpaired) electrons. The van der Waals surface area contributed by atoms with E-state index in [1.165, 1.54) is 4.57 Å². The number of aromatic nitrogens is 4. The number of pyridine rings is 1. The minimum Gasteiger partial charge on any atom is -0.347 e. The second-order valence-corrected chi connectivity index (χ2v) is 9.19. The number of anilines is 1. The minimum atomic E-state index is -0.332. The van der Waals surface area contributed by atoms with E-state index in [1.54, 1.807) is 30.6 Å². The molecule has 0 saturated carbocycles. The first-order valence-corrected chi connectivity index (χ1v) is 11.1. The Kier molecular flexibility index (Phi) is 5.62. The van der Waals surface area contributed by atoms with Gasteiger partial charge in [0.25, 0.3) is 11.5 Å². The Hall–Kier alpha value is -3.07. The van der Waals surface area contributed by atoms with Gasteiger partial charge < -0.3 is 14.8 Å². The molecule has 1 amide bonds. The summed E-state index contributed by atoms with van der Waals surface area (Å²) in [7, 11) is 1.69. The lowest BCUT2D eigenvalue weighted by Gasteiger charge is -2.18. The molecule has 8 nitrogen and oxygen atoms in total. The highest BCUT2D eigenvalue weighted by Gasteiger charge is 2.27. The van der Waals surface area contributed by atoms with Crippen LogP contribution >= 0.6 is 11.3 Å². The summed E-state index contributed by atoms with van der Waals surface area (Å²) in [5, 5.41) is 4.02. The maximum atomic E-state index is 12.8. The lowest BCUT2D eigenvalue weighted by molar-refractivity contribution is 0.0938. The first-order valence-electron chi connectivity index (χ1n) is 10.2. The average Bonchev–Trinajstić information content (AvgIpc) is 3.34. The average molecular weight is 439 g/mol. The number of hydrogen-bond acceptors (Lipinski definition) is 7. The maximum absolute atomic E-state index is 12.8. The van der Waals surface area contributed by atoms with Crippen molar-refractivity contribution in [2.45, 2.75) is 40.2 Å². The molecule has 4 heterocycles. The lowest BCUT2D eigenvalue weighted by atomic mass is 10.1. The molecule has 0 bridgehead atoms. The van der Waals surface area contributed by atoms with Crippen molar-refractivity contribution >= 4 is 23.2 Å². The standard InChI is InChI=1S/C22H26N6O2S/c1-12-10-17(21(30)27(5)14(12)3)20(29)25-16-7-9-28(11-16)22-23-8-6-18(26-22)19-13(2)24-15(4)31-19/h6,8,10,16H,7,9,11H2,1-5H3,(H,25,29). The van der Waals surface area contributed by atoms with E-state index in [2.05, 4.69) is 20.2 Å². The van der Waals surface area contributed by atoms with E-state index in [4.69, 9.17) is 4.98 Å². The van der Waals surface area contributed by atoms with Crippen LogP contribution in [-0.4, -0.2) is 44.6 Å². The third-order valence-electron chi connectivity index (χ3n) is 5.80. The zero-order valence-corrected chi connectivity index (χ0v) is 19.2. The predicted octanol–water partition coefficient (Wildman–Crippen LogP) is 2.54. The smallest absolute Gasteiger partial charge is 0.263 e. The quantitative estimate of drug-likeness (QED) is 0.673. The van der Waals surface area contributed by atoms with Crippen molar-refractivity contribution < 1.29 is 4.79 Å². The molecule has 1 unspecified atom stereocenters. The number of nitrogens with zero attached hydrogens (tertiary/aromatic N) is 5. The molecule has 3 aromatic heterocycles. The van der Waals surface area contributed by atoms with Gasteiger partial charge in [-0.3, -0.25) is 9.59 Å². The van der Waals surface area contributed by atoms with Crippen LogP contribution < -0.4 is 15.8 Å². The Balaban J connectivity index is 1.48. The molecule has 1 saturated heterocycles. The Bertz CT molecular complexity index is 1220. The van der Waals surface area contributed by atoms with Crippen LogP contribution in [0, 0.1) is 27.7 Å². The summed E-state index contributed by atoms with van der Waals surface area (Å²) in [6.07, 6.45) is 2.53. The number of rotatable bonds is 4. The van der Waals surface area contributed by atoms with E-state index >= 15 is 0 Å². The summed E-state index contributed by atoms with van der Waals surface area (Å²) in [6.45, 7) is 9.08. The molecule has 1 aliphatic rings. The van der Waals surface area contributed by atoms with E-state index in [1.807, 2.05) is 33.8 Å². The number of carbonyl (C=O) groups excluding carboxylic acids is 1. The summed E-state index contributed by atoms with van der Waals surface area (Å²) in [5.74, 6) is 0.308. The fraction of sp³-hybridized carbons (Fsp3) is 0.409. The Morgan fingerprint density at radius 3 is 2.71 bits per heavy atom. The highest BCUT2D eigenvalue weighted by Crippen LogP contribution is 2.29. The number of carbonyl (C=O) groups is 1. The largest absolute Gasteiger partial charge is 0.347 e. The van der Waals surface area contributed by atoms with Crippen LogP contribution in [0.4, 0.5) is 5.95 Å². The van der Waals surface area contributed by atoms with E-state index in [9.17, 15) is 9.59 Å². The molecule has 0 aromatic carbocycles. The molecule has 1 N–H and O–H groups in total. The molecule has 162 valence electrons. The second-order valence-electron chi connectivity index (χ2n) is 7.98. The van der Waals surface area contributed by atoms with Crippen LogP contribution in [0.1, 0.15) is 38.7 Å². The Labute approximate surface area is 185 Å². The molecule has 31 heavy (non-hydrogen) atoms. The maximum Gasteiger partial charge on any atom is 0.263 e.